The Hall–Kier alpha value is -1.10. The van der Waals surface area contributed by atoms with E-state index in [1.54, 1.807) is 14.1 Å². The van der Waals surface area contributed by atoms with E-state index in [4.69, 9.17) is 4.74 Å². The van der Waals surface area contributed by atoms with Gasteiger partial charge in [-0.2, -0.15) is 0 Å². The van der Waals surface area contributed by atoms with Crippen molar-refractivity contribution in [3.05, 3.63) is 0 Å². The maximum absolute atomic E-state index is 11.6. The van der Waals surface area contributed by atoms with Crippen LogP contribution in [0.1, 0.15) is 33.1 Å². The van der Waals surface area contributed by atoms with Crippen molar-refractivity contribution in [2.45, 2.75) is 33.1 Å². The summed E-state index contributed by atoms with van der Waals surface area (Å²) in [6, 6.07) is 0. The van der Waals surface area contributed by atoms with Crippen molar-refractivity contribution in [2.75, 3.05) is 40.3 Å². The van der Waals surface area contributed by atoms with Gasteiger partial charge in [0.15, 0.2) is 0 Å². The Balaban J connectivity index is 4.09. The molecule has 5 heteroatoms. The van der Waals surface area contributed by atoms with Gasteiger partial charge in [0.2, 0.25) is 5.91 Å². The monoisotopic (exact) mass is 258 g/mol. The molecular weight excluding hydrogens is 232 g/mol. The van der Waals surface area contributed by atoms with Gasteiger partial charge in [0, 0.05) is 14.1 Å². The Morgan fingerprint density at radius 1 is 1.06 bits per heavy atom. The quantitative estimate of drug-likeness (QED) is 0.459. The molecule has 0 aliphatic carbocycles. The first-order chi connectivity index (χ1) is 8.51. The van der Waals surface area contributed by atoms with Crippen LogP contribution in [0, 0.1) is 0 Å². The van der Waals surface area contributed by atoms with Gasteiger partial charge in [-0.25, -0.2) is 0 Å². The smallest absolute Gasteiger partial charge is 0.320 e. The Kier molecular flexibility index (Phi) is 9.28. The molecule has 0 saturated carbocycles. The molecule has 0 N–H and O–H groups in total. The first kappa shape index (κ1) is 16.9. The second-order valence-electron chi connectivity index (χ2n) is 4.57. The summed E-state index contributed by atoms with van der Waals surface area (Å²) in [4.78, 5) is 26.5. The summed E-state index contributed by atoms with van der Waals surface area (Å²) in [5.41, 5.74) is 0. The lowest BCUT2D eigenvalue weighted by Gasteiger charge is -2.21. The van der Waals surface area contributed by atoms with Gasteiger partial charge in [0.25, 0.3) is 0 Å². The summed E-state index contributed by atoms with van der Waals surface area (Å²) in [5, 5.41) is 0. The van der Waals surface area contributed by atoms with Crippen molar-refractivity contribution >= 4 is 11.9 Å². The number of esters is 1. The summed E-state index contributed by atoms with van der Waals surface area (Å²) in [6.07, 6.45) is 2.80. The Morgan fingerprint density at radius 3 is 2.22 bits per heavy atom. The van der Waals surface area contributed by atoms with Gasteiger partial charge in [-0.05, 0) is 19.4 Å². The van der Waals surface area contributed by atoms with Crippen molar-refractivity contribution in [1.29, 1.82) is 0 Å². The van der Waals surface area contributed by atoms with E-state index in [0.717, 1.165) is 25.8 Å². The van der Waals surface area contributed by atoms with E-state index >= 15 is 0 Å². The standard InChI is InChI=1S/C13H26N2O3/c1-5-7-9-18-13(17)11-15(8-6-2)10-12(16)14(3)4/h5-11H2,1-4H3. The first-order valence-corrected chi connectivity index (χ1v) is 6.59. The minimum absolute atomic E-state index is 0.00445. The molecule has 0 spiro atoms. The highest BCUT2D eigenvalue weighted by Gasteiger charge is 2.15. The Morgan fingerprint density at radius 2 is 1.72 bits per heavy atom. The molecule has 0 rings (SSSR count). The van der Waals surface area contributed by atoms with Crippen molar-refractivity contribution in [3.63, 3.8) is 0 Å². The van der Waals surface area contributed by atoms with Crippen molar-refractivity contribution in [3.8, 4) is 0 Å². The molecule has 0 bridgehead atoms. The summed E-state index contributed by atoms with van der Waals surface area (Å²) >= 11 is 0. The van der Waals surface area contributed by atoms with E-state index in [1.807, 2.05) is 18.7 Å². The second kappa shape index (κ2) is 9.88. The molecule has 18 heavy (non-hydrogen) atoms. The number of unbranched alkanes of at least 4 members (excludes halogenated alkanes) is 1. The molecule has 5 nitrogen and oxygen atoms in total. The van der Waals surface area contributed by atoms with E-state index in [2.05, 4.69) is 0 Å². The van der Waals surface area contributed by atoms with Crippen LogP contribution in [0.15, 0.2) is 0 Å². The third-order valence-electron chi connectivity index (χ3n) is 2.51. The third kappa shape index (κ3) is 8.06. The minimum atomic E-state index is -0.247. The Bertz CT molecular complexity index is 255. The van der Waals surface area contributed by atoms with E-state index in [9.17, 15) is 9.59 Å². The highest BCUT2D eigenvalue weighted by molar-refractivity contribution is 5.79. The van der Waals surface area contributed by atoms with Gasteiger partial charge in [0.05, 0.1) is 19.7 Å². The number of rotatable bonds is 9. The molecule has 0 aromatic carbocycles. The fourth-order valence-electron chi connectivity index (χ4n) is 1.42. The van der Waals surface area contributed by atoms with Crippen molar-refractivity contribution in [1.82, 2.24) is 9.80 Å². The zero-order valence-corrected chi connectivity index (χ0v) is 12.1. The topological polar surface area (TPSA) is 49.9 Å². The summed E-state index contributed by atoms with van der Waals surface area (Å²) < 4.78 is 5.10. The lowest BCUT2D eigenvalue weighted by atomic mass is 10.3. The predicted molar refractivity (Wildman–Crippen MR) is 71.3 cm³/mol. The van der Waals surface area contributed by atoms with Crippen LogP contribution < -0.4 is 0 Å². The molecule has 0 unspecified atom stereocenters. The molecule has 0 aromatic heterocycles. The minimum Gasteiger partial charge on any atom is -0.465 e. The largest absolute Gasteiger partial charge is 0.465 e. The molecule has 0 fully saturated rings. The lowest BCUT2D eigenvalue weighted by Crippen LogP contribution is -2.40. The molecule has 1 amide bonds. The van der Waals surface area contributed by atoms with Crippen molar-refractivity contribution < 1.29 is 14.3 Å². The molecule has 0 aromatic rings. The van der Waals surface area contributed by atoms with Gasteiger partial charge in [0.1, 0.15) is 0 Å². The maximum Gasteiger partial charge on any atom is 0.320 e. The van der Waals surface area contributed by atoms with Crippen LogP contribution in [0.2, 0.25) is 0 Å². The number of nitrogens with zero attached hydrogens (tertiary/aromatic N) is 2. The van der Waals surface area contributed by atoms with Gasteiger partial charge in [-0.3, -0.25) is 14.5 Å². The molecule has 0 aliphatic rings. The molecule has 0 radical (unpaired) electrons. The first-order valence-electron chi connectivity index (χ1n) is 6.59. The van der Waals surface area contributed by atoms with Gasteiger partial charge >= 0.3 is 5.97 Å². The SMILES string of the molecule is CCCCOC(=O)CN(CCC)CC(=O)N(C)C. The summed E-state index contributed by atoms with van der Waals surface area (Å²) in [5.74, 6) is -0.242. The number of carbonyl (C=O) groups excluding carboxylic acids is 2. The fraction of sp³-hybridized carbons (Fsp3) is 0.846. The molecule has 106 valence electrons. The lowest BCUT2D eigenvalue weighted by molar-refractivity contribution is -0.145. The number of hydrogen-bond acceptors (Lipinski definition) is 4. The van der Waals surface area contributed by atoms with Crippen LogP contribution in [-0.4, -0.2) is 62.0 Å². The predicted octanol–water partition coefficient (Wildman–Crippen LogP) is 1.13. The zero-order valence-electron chi connectivity index (χ0n) is 12.1. The number of amides is 1. The van der Waals surface area contributed by atoms with Crippen LogP contribution in [-0.2, 0) is 14.3 Å². The van der Waals surface area contributed by atoms with Gasteiger partial charge in [-0.1, -0.05) is 20.3 Å². The maximum atomic E-state index is 11.6. The second-order valence-corrected chi connectivity index (χ2v) is 4.57. The van der Waals surface area contributed by atoms with Crippen LogP contribution in [0.3, 0.4) is 0 Å². The van der Waals surface area contributed by atoms with Crippen LogP contribution in [0.4, 0.5) is 0 Å². The van der Waals surface area contributed by atoms with Crippen LogP contribution >= 0.6 is 0 Å². The molecule has 0 aliphatic heterocycles. The summed E-state index contributed by atoms with van der Waals surface area (Å²) in [7, 11) is 3.43. The molecule has 0 heterocycles. The Labute approximate surface area is 110 Å². The third-order valence-corrected chi connectivity index (χ3v) is 2.51. The van der Waals surface area contributed by atoms with Crippen LogP contribution in [0.5, 0.6) is 0 Å². The average Bonchev–Trinajstić information content (AvgIpc) is 2.29. The highest BCUT2D eigenvalue weighted by atomic mass is 16.5. The van der Waals surface area contributed by atoms with E-state index in [1.165, 1.54) is 4.90 Å². The van der Waals surface area contributed by atoms with E-state index in [-0.39, 0.29) is 25.0 Å². The molecule has 0 saturated heterocycles. The highest BCUT2D eigenvalue weighted by Crippen LogP contribution is 1.96. The zero-order chi connectivity index (χ0) is 14.0. The number of likely N-dealkylation sites (N-methyl/N-ethyl adjacent to an activating group) is 1. The summed E-state index contributed by atoms with van der Waals surface area (Å²) in [6.45, 7) is 5.72. The van der Waals surface area contributed by atoms with Crippen molar-refractivity contribution in [2.24, 2.45) is 0 Å². The van der Waals surface area contributed by atoms with Gasteiger partial charge < -0.3 is 9.64 Å². The number of carbonyl (C=O) groups is 2. The fourth-order valence-corrected chi connectivity index (χ4v) is 1.42. The molecular formula is C13H26N2O3. The van der Waals surface area contributed by atoms with Crippen LogP contribution in [0.25, 0.3) is 0 Å². The van der Waals surface area contributed by atoms with E-state index in [0.29, 0.717) is 6.61 Å². The number of hydrogen-bond donors (Lipinski definition) is 0. The average molecular weight is 258 g/mol. The number of ether oxygens (including phenoxy) is 1. The van der Waals surface area contributed by atoms with Gasteiger partial charge in [-0.15, -0.1) is 0 Å². The normalized spacial score (nSPS) is 10.5. The van der Waals surface area contributed by atoms with E-state index < -0.39 is 0 Å². The molecule has 0 atom stereocenters.